The fourth-order valence-electron chi connectivity index (χ4n) is 4.36. The molecule has 2 aromatic carbocycles. The Kier molecular flexibility index (Phi) is 5.50. The van der Waals surface area contributed by atoms with Crippen molar-refractivity contribution in [2.24, 2.45) is 0 Å². The molecule has 0 N–H and O–H groups in total. The number of nitrogens with zero attached hydrogens (tertiary/aromatic N) is 6. The Morgan fingerprint density at radius 1 is 0.939 bits per heavy atom. The molecule has 0 aliphatic carbocycles. The Morgan fingerprint density at radius 2 is 1.70 bits per heavy atom. The largest absolute Gasteiger partial charge is 0.352 e. The third-order valence-corrected chi connectivity index (χ3v) is 6.34. The minimum Gasteiger partial charge on any atom is -0.352 e. The van der Waals surface area contributed by atoms with E-state index in [0.717, 1.165) is 28.2 Å². The fraction of sp³-hybridized carbons (Fsp3) is 0.280. The first-order chi connectivity index (χ1) is 15.9. The van der Waals surface area contributed by atoms with E-state index < -0.39 is 0 Å². The van der Waals surface area contributed by atoms with Crippen molar-refractivity contribution in [3.05, 3.63) is 76.2 Å². The van der Waals surface area contributed by atoms with Crippen LogP contribution in [-0.2, 0) is 0 Å². The third kappa shape index (κ3) is 3.93. The molecular formula is C25H25ClN6O. The highest BCUT2D eigenvalue weighted by molar-refractivity contribution is 6.33. The first-order valence-electron chi connectivity index (χ1n) is 11.0. The minimum absolute atomic E-state index is 0.0345. The quantitative estimate of drug-likeness (QED) is 0.454. The van der Waals surface area contributed by atoms with Crippen LogP contribution in [0.5, 0.6) is 0 Å². The molecule has 4 aromatic rings. The molecule has 8 heteroatoms. The van der Waals surface area contributed by atoms with Gasteiger partial charge in [0, 0.05) is 26.2 Å². The van der Waals surface area contributed by atoms with Gasteiger partial charge < -0.3 is 9.80 Å². The van der Waals surface area contributed by atoms with E-state index in [-0.39, 0.29) is 5.91 Å². The van der Waals surface area contributed by atoms with Crippen LogP contribution in [0.4, 0.5) is 5.82 Å². The zero-order valence-corrected chi connectivity index (χ0v) is 19.7. The maximum atomic E-state index is 13.0. The summed E-state index contributed by atoms with van der Waals surface area (Å²) in [6.07, 6.45) is 0. The van der Waals surface area contributed by atoms with Crippen LogP contribution in [-0.4, -0.2) is 56.7 Å². The highest BCUT2D eigenvalue weighted by atomic mass is 35.5. The van der Waals surface area contributed by atoms with Gasteiger partial charge in [-0.05, 0) is 50.6 Å². The molecule has 0 bridgehead atoms. The molecule has 5 rings (SSSR count). The lowest BCUT2D eigenvalue weighted by Crippen LogP contribution is -2.49. The van der Waals surface area contributed by atoms with Crippen molar-refractivity contribution in [3.8, 4) is 5.69 Å². The number of hydrogen-bond donors (Lipinski definition) is 0. The number of anilines is 1. The van der Waals surface area contributed by atoms with Crippen LogP contribution in [0.2, 0.25) is 5.02 Å². The van der Waals surface area contributed by atoms with Crippen molar-refractivity contribution < 1.29 is 4.79 Å². The SMILES string of the molecule is Cc1cccc(-n2nc(C)c3c(N4CCN(C(=O)c5ccccc5Cl)CC4)nc(C)nc32)c1. The van der Waals surface area contributed by atoms with Gasteiger partial charge in [0.25, 0.3) is 5.91 Å². The molecule has 0 atom stereocenters. The number of carbonyl (C=O) groups excluding carboxylic acids is 1. The summed E-state index contributed by atoms with van der Waals surface area (Å²) in [5.74, 6) is 1.53. The lowest BCUT2D eigenvalue weighted by atomic mass is 10.1. The van der Waals surface area contributed by atoms with Gasteiger partial charge >= 0.3 is 0 Å². The number of carbonyl (C=O) groups is 1. The number of aryl methyl sites for hydroxylation is 3. The molecule has 1 aliphatic heterocycles. The van der Waals surface area contributed by atoms with Gasteiger partial charge in [0.05, 0.1) is 27.4 Å². The molecule has 0 spiro atoms. The van der Waals surface area contributed by atoms with E-state index in [2.05, 4.69) is 24.0 Å². The van der Waals surface area contributed by atoms with Crippen LogP contribution >= 0.6 is 11.6 Å². The van der Waals surface area contributed by atoms with Gasteiger partial charge in [-0.2, -0.15) is 5.10 Å². The summed E-state index contributed by atoms with van der Waals surface area (Å²) < 4.78 is 1.90. The average Bonchev–Trinajstić information content (AvgIpc) is 3.14. The Morgan fingerprint density at radius 3 is 2.42 bits per heavy atom. The Balaban J connectivity index is 1.45. The number of fused-ring (bicyclic) bond motifs is 1. The predicted molar refractivity (Wildman–Crippen MR) is 130 cm³/mol. The molecular weight excluding hydrogens is 436 g/mol. The zero-order valence-electron chi connectivity index (χ0n) is 18.9. The van der Waals surface area contributed by atoms with E-state index >= 15 is 0 Å². The summed E-state index contributed by atoms with van der Waals surface area (Å²) in [7, 11) is 0. The van der Waals surface area contributed by atoms with Crippen LogP contribution in [0.25, 0.3) is 16.7 Å². The van der Waals surface area contributed by atoms with E-state index in [1.54, 1.807) is 12.1 Å². The molecule has 1 fully saturated rings. The molecule has 0 saturated carbocycles. The summed E-state index contributed by atoms with van der Waals surface area (Å²) in [5.41, 5.74) is 4.38. The van der Waals surface area contributed by atoms with Crippen LogP contribution in [0.15, 0.2) is 48.5 Å². The standard InChI is InChI=1S/C25H25ClN6O/c1-16-7-6-8-19(15-16)32-24-22(17(2)29-32)23(27-18(3)28-24)30-11-13-31(14-12-30)25(33)20-9-4-5-10-21(20)26/h4-10,15H,11-14H2,1-3H3. The van der Waals surface area contributed by atoms with Gasteiger partial charge in [-0.3, -0.25) is 4.79 Å². The second-order valence-corrected chi connectivity index (χ2v) is 8.80. The molecule has 168 valence electrons. The van der Waals surface area contributed by atoms with E-state index in [1.165, 1.54) is 5.56 Å². The molecule has 7 nitrogen and oxygen atoms in total. The normalized spacial score (nSPS) is 14.2. The number of halogens is 1. The number of rotatable bonds is 3. The first-order valence-corrected chi connectivity index (χ1v) is 11.4. The average molecular weight is 461 g/mol. The maximum absolute atomic E-state index is 13.0. The molecule has 0 unspecified atom stereocenters. The first kappa shape index (κ1) is 21.4. The van der Waals surface area contributed by atoms with Crippen molar-refractivity contribution in [1.82, 2.24) is 24.6 Å². The molecule has 1 aliphatic rings. The Hall–Kier alpha value is -3.45. The molecule has 0 radical (unpaired) electrons. The second-order valence-electron chi connectivity index (χ2n) is 8.39. The highest BCUT2D eigenvalue weighted by Gasteiger charge is 2.27. The lowest BCUT2D eigenvalue weighted by molar-refractivity contribution is 0.0747. The number of piperazine rings is 1. The van der Waals surface area contributed by atoms with E-state index in [4.69, 9.17) is 26.7 Å². The van der Waals surface area contributed by atoms with Crippen LogP contribution in [0.1, 0.15) is 27.4 Å². The van der Waals surface area contributed by atoms with Gasteiger partial charge in [0.15, 0.2) is 5.65 Å². The van der Waals surface area contributed by atoms with Crippen molar-refractivity contribution >= 4 is 34.4 Å². The minimum atomic E-state index is -0.0345. The molecule has 2 aromatic heterocycles. The van der Waals surface area contributed by atoms with Crippen LogP contribution < -0.4 is 4.90 Å². The topological polar surface area (TPSA) is 67.2 Å². The highest BCUT2D eigenvalue weighted by Crippen LogP contribution is 2.30. The van der Waals surface area contributed by atoms with Gasteiger partial charge in [0.1, 0.15) is 11.6 Å². The second kappa shape index (κ2) is 8.48. The smallest absolute Gasteiger partial charge is 0.255 e. The van der Waals surface area contributed by atoms with Gasteiger partial charge in [-0.1, -0.05) is 35.9 Å². The van der Waals surface area contributed by atoms with Gasteiger partial charge in [-0.15, -0.1) is 0 Å². The van der Waals surface area contributed by atoms with Crippen LogP contribution in [0, 0.1) is 20.8 Å². The summed E-state index contributed by atoms with van der Waals surface area (Å²) in [4.78, 5) is 26.6. The van der Waals surface area contributed by atoms with Gasteiger partial charge in [0.2, 0.25) is 0 Å². The Labute approximate surface area is 197 Å². The molecule has 3 heterocycles. The number of amides is 1. The van der Waals surface area contributed by atoms with Crippen molar-refractivity contribution in [1.29, 1.82) is 0 Å². The zero-order chi connectivity index (χ0) is 23.1. The van der Waals surface area contributed by atoms with E-state index in [9.17, 15) is 4.79 Å². The summed E-state index contributed by atoms with van der Waals surface area (Å²) in [5, 5.41) is 6.23. The van der Waals surface area contributed by atoms with Crippen LogP contribution in [0.3, 0.4) is 0 Å². The summed E-state index contributed by atoms with van der Waals surface area (Å²) >= 11 is 6.24. The summed E-state index contributed by atoms with van der Waals surface area (Å²) in [6.45, 7) is 8.51. The predicted octanol–water partition coefficient (Wildman–Crippen LogP) is 4.36. The summed E-state index contributed by atoms with van der Waals surface area (Å²) in [6, 6.07) is 15.4. The number of hydrogen-bond acceptors (Lipinski definition) is 5. The Bertz CT molecular complexity index is 1360. The van der Waals surface area contributed by atoms with Crippen molar-refractivity contribution in [2.75, 3.05) is 31.1 Å². The fourth-order valence-corrected chi connectivity index (χ4v) is 4.58. The lowest BCUT2D eigenvalue weighted by Gasteiger charge is -2.36. The van der Waals surface area contributed by atoms with Gasteiger partial charge in [-0.25, -0.2) is 14.6 Å². The molecule has 1 saturated heterocycles. The van der Waals surface area contributed by atoms with Crippen molar-refractivity contribution in [2.45, 2.75) is 20.8 Å². The maximum Gasteiger partial charge on any atom is 0.255 e. The van der Waals surface area contributed by atoms with Crippen molar-refractivity contribution in [3.63, 3.8) is 0 Å². The van der Waals surface area contributed by atoms with E-state index in [1.807, 2.05) is 47.7 Å². The molecule has 1 amide bonds. The van der Waals surface area contributed by atoms with E-state index in [0.29, 0.717) is 42.6 Å². The molecule has 33 heavy (non-hydrogen) atoms. The number of benzene rings is 2. The third-order valence-electron chi connectivity index (χ3n) is 6.01. The number of aromatic nitrogens is 4. The monoisotopic (exact) mass is 460 g/mol.